The van der Waals surface area contributed by atoms with E-state index in [1.165, 1.54) is 9.80 Å². The minimum atomic E-state index is -0.894. The molecule has 1 N–H and O–H groups in total. The van der Waals surface area contributed by atoms with Gasteiger partial charge in [0.15, 0.2) is 6.61 Å². The minimum absolute atomic E-state index is 0.0643. The van der Waals surface area contributed by atoms with Gasteiger partial charge < -0.3 is 29.7 Å². The molecule has 5 amide bonds. The summed E-state index contributed by atoms with van der Waals surface area (Å²) in [6.45, 7) is 6.75. The molecule has 1 fully saturated rings. The van der Waals surface area contributed by atoms with Gasteiger partial charge in [-0.15, -0.1) is 0 Å². The van der Waals surface area contributed by atoms with E-state index in [-0.39, 0.29) is 47.5 Å². The van der Waals surface area contributed by atoms with Crippen LogP contribution in [0.5, 0.6) is 5.75 Å². The van der Waals surface area contributed by atoms with Crippen molar-refractivity contribution in [2.45, 2.75) is 77.4 Å². The molecule has 48 heavy (non-hydrogen) atoms. The molecule has 0 saturated carbocycles. The average Bonchev–Trinajstić information content (AvgIpc) is 3.57. The van der Waals surface area contributed by atoms with Crippen LogP contribution < -0.4 is 10.1 Å². The summed E-state index contributed by atoms with van der Waals surface area (Å²) in [6, 6.07) is 13.8. The SMILES string of the molecule is CCCCN(C)C(=O)COc1ccccc1C(=O)N[C@H](CC(C)C)C(=O)N1CCC[C@@H]1C(=O)N(C)[C@@H](Cc1ccccc1)C(=O)N(C)C. The second kappa shape index (κ2) is 18.2. The number of carbonyl (C=O) groups excluding carboxylic acids is 5. The lowest BCUT2D eigenvalue weighted by atomic mass is 10.0. The van der Waals surface area contributed by atoms with Crippen LogP contribution in [0.3, 0.4) is 0 Å². The molecule has 1 heterocycles. The number of benzene rings is 2. The zero-order valence-corrected chi connectivity index (χ0v) is 29.6. The Morgan fingerprint density at radius 2 is 1.62 bits per heavy atom. The quantitative estimate of drug-likeness (QED) is 0.293. The fraction of sp³-hybridized carbons (Fsp3) is 0.541. The predicted octanol–water partition coefficient (Wildman–Crippen LogP) is 3.62. The van der Waals surface area contributed by atoms with Crippen LogP contribution in [0.15, 0.2) is 54.6 Å². The van der Waals surface area contributed by atoms with E-state index in [0.717, 1.165) is 18.4 Å². The van der Waals surface area contributed by atoms with Crippen molar-refractivity contribution >= 4 is 29.5 Å². The monoisotopic (exact) mass is 663 g/mol. The number of para-hydroxylation sites is 1. The van der Waals surface area contributed by atoms with Crippen molar-refractivity contribution in [2.75, 3.05) is 47.9 Å². The van der Waals surface area contributed by atoms with E-state index in [1.807, 2.05) is 44.2 Å². The second-order valence-corrected chi connectivity index (χ2v) is 13.2. The van der Waals surface area contributed by atoms with E-state index in [2.05, 4.69) is 12.2 Å². The molecular formula is C37H53N5O6. The number of nitrogens with zero attached hydrogens (tertiary/aromatic N) is 4. The van der Waals surface area contributed by atoms with Gasteiger partial charge >= 0.3 is 0 Å². The molecule has 0 radical (unpaired) electrons. The van der Waals surface area contributed by atoms with Crippen molar-refractivity contribution in [3.8, 4) is 5.75 Å². The highest BCUT2D eigenvalue weighted by Crippen LogP contribution is 2.25. The first-order valence-electron chi connectivity index (χ1n) is 16.9. The zero-order valence-electron chi connectivity index (χ0n) is 29.6. The predicted molar refractivity (Wildman–Crippen MR) is 185 cm³/mol. The maximum absolute atomic E-state index is 14.1. The van der Waals surface area contributed by atoms with Crippen LogP contribution in [-0.4, -0.2) is 115 Å². The molecule has 0 aliphatic carbocycles. The number of ether oxygens (including phenoxy) is 1. The largest absolute Gasteiger partial charge is 0.483 e. The standard InChI is InChI=1S/C37H53N5O6/c1-8-9-21-40(6)33(43)25-48-32-20-14-13-18-28(32)34(44)38-29(23-26(2)3)35(45)42-22-15-19-30(42)37(47)41(7)31(36(46)39(4)5)24-27-16-11-10-12-17-27/h10-14,16-18,20,26,29-31H,8-9,15,19,21-25H2,1-7H3,(H,38,44)/t29-,30-,31+/m1/s1. The molecule has 0 unspecified atom stereocenters. The third-order valence-corrected chi connectivity index (χ3v) is 8.70. The van der Waals surface area contributed by atoms with E-state index in [0.29, 0.717) is 38.8 Å². The van der Waals surface area contributed by atoms with Crippen molar-refractivity contribution < 1.29 is 28.7 Å². The van der Waals surface area contributed by atoms with Crippen LogP contribution in [0.2, 0.25) is 0 Å². The highest BCUT2D eigenvalue weighted by atomic mass is 16.5. The summed E-state index contributed by atoms with van der Waals surface area (Å²) in [5.41, 5.74) is 1.14. The van der Waals surface area contributed by atoms with Gasteiger partial charge in [-0.1, -0.05) is 69.7 Å². The lowest BCUT2D eigenvalue weighted by Crippen LogP contribution is -2.57. The van der Waals surface area contributed by atoms with Gasteiger partial charge in [-0.25, -0.2) is 0 Å². The van der Waals surface area contributed by atoms with Gasteiger partial charge in [-0.2, -0.15) is 0 Å². The van der Waals surface area contributed by atoms with E-state index in [4.69, 9.17) is 4.74 Å². The number of nitrogens with one attached hydrogen (secondary N) is 1. The zero-order chi connectivity index (χ0) is 35.4. The number of amides is 5. The van der Waals surface area contributed by atoms with Gasteiger partial charge in [0.2, 0.25) is 17.7 Å². The molecule has 0 spiro atoms. The number of unbranched alkanes of at least 4 members (excludes halogenated alkanes) is 1. The molecule has 11 heteroatoms. The van der Waals surface area contributed by atoms with Gasteiger partial charge in [-0.05, 0) is 49.3 Å². The fourth-order valence-electron chi connectivity index (χ4n) is 5.88. The fourth-order valence-corrected chi connectivity index (χ4v) is 5.88. The van der Waals surface area contributed by atoms with Crippen LogP contribution in [0.25, 0.3) is 0 Å². The Labute approximate surface area is 285 Å². The highest BCUT2D eigenvalue weighted by molar-refractivity contribution is 6.00. The van der Waals surface area contributed by atoms with E-state index >= 15 is 0 Å². The number of likely N-dealkylation sites (tertiary alicyclic amines) is 1. The molecule has 262 valence electrons. The molecular weight excluding hydrogens is 610 g/mol. The molecule has 1 saturated heterocycles. The first-order chi connectivity index (χ1) is 22.8. The van der Waals surface area contributed by atoms with Gasteiger partial charge in [0, 0.05) is 47.7 Å². The van der Waals surface area contributed by atoms with Crippen molar-refractivity contribution in [3.63, 3.8) is 0 Å². The van der Waals surface area contributed by atoms with Crippen molar-refractivity contribution in [3.05, 3.63) is 65.7 Å². The second-order valence-electron chi connectivity index (χ2n) is 13.2. The Kier molecular flexibility index (Phi) is 14.4. The third kappa shape index (κ3) is 10.3. The molecule has 1 aliphatic heterocycles. The van der Waals surface area contributed by atoms with E-state index in [1.54, 1.807) is 62.3 Å². The summed E-state index contributed by atoms with van der Waals surface area (Å²) < 4.78 is 5.79. The summed E-state index contributed by atoms with van der Waals surface area (Å²) in [6.07, 6.45) is 3.64. The van der Waals surface area contributed by atoms with Crippen molar-refractivity contribution in [1.82, 2.24) is 24.9 Å². The number of likely N-dealkylation sites (N-methyl/N-ethyl adjacent to an activating group) is 3. The Balaban J connectivity index is 1.78. The van der Waals surface area contributed by atoms with Crippen LogP contribution in [0, 0.1) is 5.92 Å². The lowest BCUT2D eigenvalue weighted by molar-refractivity contribution is -0.149. The molecule has 0 aromatic heterocycles. The summed E-state index contributed by atoms with van der Waals surface area (Å²) in [7, 11) is 6.67. The van der Waals surface area contributed by atoms with Gasteiger partial charge in [0.25, 0.3) is 11.8 Å². The summed E-state index contributed by atoms with van der Waals surface area (Å²) in [5, 5.41) is 2.91. The summed E-state index contributed by atoms with van der Waals surface area (Å²) >= 11 is 0. The molecule has 11 nitrogen and oxygen atoms in total. The first-order valence-corrected chi connectivity index (χ1v) is 16.9. The third-order valence-electron chi connectivity index (χ3n) is 8.70. The molecule has 3 atom stereocenters. The van der Waals surface area contributed by atoms with Gasteiger partial charge in [0.1, 0.15) is 23.9 Å². The van der Waals surface area contributed by atoms with Gasteiger partial charge in [0.05, 0.1) is 5.56 Å². The van der Waals surface area contributed by atoms with Crippen LogP contribution in [-0.2, 0) is 25.6 Å². The minimum Gasteiger partial charge on any atom is -0.483 e. The number of hydrogen-bond acceptors (Lipinski definition) is 6. The van der Waals surface area contributed by atoms with Gasteiger partial charge in [-0.3, -0.25) is 24.0 Å². The maximum Gasteiger partial charge on any atom is 0.260 e. The summed E-state index contributed by atoms with van der Waals surface area (Å²) in [4.78, 5) is 73.7. The van der Waals surface area contributed by atoms with Crippen LogP contribution in [0.1, 0.15) is 68.8 Å². The number of hydrogen-bond donors (Lipinski definition) is 1. The van der Waals surface area contributed by atoms with E-state index < -0.39 is 24.0 Å². The average molecular weight is 664 g/mol. The highest BCUT2D eigenvalue weighted by Gasteiger charge is 2.41. The van der Waals surface area contributed by atoms with Crippen molar-refractivity contribution in [1.29, 1.82) is 0 Å². The maximum atomic E-state index is 14.1. The number of rotatable bonds is 16. The lowest BCUT2D eigenvalue weighted by Gasteiger charge is -2.35. The summed E-state index contributed by atoms with van der Waals surface area (Å²) in [5.74, 6) is -1.24. The normalized spacial score (nSPS) is 15.4. The Morgan fingerprint density at radius 3 is 2.27 bits per heavy atom. The topological polar surface area (TPSA) is 120 Å². The molecule has 2 aromatic rings. The Bertz CT molecular complexity index is 1400. The van der Waals surface area contributed by atoms with E-state index in [9.17, 15) is 24.0 Å². The first kappa shape index (κ1) is 38.0. The molecule has 2 aromatic carbocycles. The Morgan fingerprint density at radius 1 is 0.958 bits per heavy atom. The molecule has 3 rings (SSSR count). The van der Waals surface area contributed by atoms with Crippen LogP contribution in [0.4, 0.5) is 0 Å². The molecule has 0 bridgehead atoms. The number of carbonyl (C=O) groups is 5. The smallest absolute Gasteiger partial charge is 0.260 e. The molecule has 1 aliphatic rings. The van der Waals surface area contributed by atoms with Crippen LogP contribution >= 0.6 is 0 Å². The Hall–Kier alpha value is -4.41. The van der Waals surface area contributed by atoms with Crippen molar-refractivity contribution in [2.24, 2.45) is 5.92 Å².